The molecule has 5 heteroatoms. The molecule has 0 aliphatic heterocycles. The van der Waals surface area contributed by atoms with Gasteiger partial charge in [0.1, 0.15) is 5.82 Å². The first-order valence-corrected chi connectivity index (χ1v) is 8.39. The topological polar surface area (TPSA) is 56.1 Å². The van der Waals surface area contributed by atoms with Crippen molar-refractivity contribution in [3.05, 3.63) is 63.8 Å². The average Bonchev–Trinajstić information content (AvgIpc) is 2.58. The molecule has 0 spiro atoms. The highest BCUT2D eigenvalue weighted by atomic mass is 16.5. The van der Waals surface area contributed by atoms with E-state index in [1.165, 1.54) is 0 Å². The highest BCUT2D eigenvalue weighted by molar-refractivity contribution is 5.26. The van der Waals surface area contributed by atoms with Crippen LogP contribution in [0.4, 0.5) is 0 Å². The minimum absolute atomic E-state index is 0.0228. The Balaban J connectivity index is 2.37. The molecule has 24 heavy (non-hydrogen) atoms. The van der Waals surface area contributed by atoms with Gasteiger partial charge in [0.2, 0.25) is 0 Å². The summed E-state index contributed by atoms with van der Waals surface area (Å²) in [4.78, 5) is 17.2. The van der Waals surface area contributed by atoms with E-state index in [9.17, 15) is 4.79 Å². The van der Waals surface area contributed by atoms with Gasteiger partial charge in [-0.15, -0.1) is 0 Å². The zero-order valence-electron chi connectivity index (χ0n) is 15.0. The molecule has 0 aliphatic rings. The van der Waals surface area contributed by atoms with Gasteiger partial charge in [-0.3, -0.25) is 9.36 Å². The molecule has 1 aromatic carbocycles. The van der Waals surface area contributed by atoms with Gasteiger partial charge in [-0.05, 0) is 24.4 Å². The van der Waals surface area contributed by atoms with Crippen molar-refractivity contribution in [1.82, 2.24) is 14.9 Å². The van der Waals surface area contributed by atoms with Crippen molar-refractivity contribution in [3.63, 3.8) is 0 Å². The Bertz CT molecular complexity index is 696. The number of nitrogens with one attached hydrogen (secondary N) is 1. The van der Waals surface area contributed by atoms with Crippen LogP contribution in [0, 0.1) is 0 Å². The van der Waals surface area contributed by atoms with E-state index in [0.717, 1.165) is 29.9 Å². The first-order valence-electron chi connectivity index (χ1n) is 8.39. The third-order valence-electron chi connectivity index (χ3n) is 4.12. The molecule has 0 radical (unpaired) electrons. The molecule has 0 unspecified atom stereocenters. The van der Waals surface area contributed by atoms with Crippen LogP contribution in [0.1, 0.15) is 49.2 Å². The number of ether oxygens (including phenoxy) is 1. The van der Waals surface area contributed by atoms with Gasteiger partial charge in [-0.2, -0.15) is 0 Å². The molecule has 2 rings (SSSR count). The maximum Gasteiger partial charge on any atom is 0.256 e. The predicted molar refractivity (Wildman–Crippen MR) is 96.3 cm³/mol. The second-order valence-corrected chi connectivity index (χ2v) is 6.23. The van der Waals surface area contributed by atoms with Crippen molar-refractivity contribution in [2.45, 2.75) is 32.2 Å². The van der Waals surface area contributed by atoms with E-state index in [2.05, 4.69) is 22.4 Å². The quantitative estimate of drug-likeness (QED) is 0.757. The molecular weight excluding hydrogens is 302 g/mol. The number of hydrogen-bond acceptors (Lipinski definition) is 4. The molecule has 1 aromatic heterocycles. The number of aromatic nitrogens is 2. The lowest BCUT2D eigenvalue weighted by molar-refractivity contribution is 0.193. The number of methoxy groups -OCH3 is 1. The maximum atomic E-state index is 12.6. The fraction of sp³-hybridized carbons (Fsp3) is 0.474. The van der Waals surface area contributed by atoms with E-state index >= 15 is 0 Å². The smallest absolute Gasteiger partial charge is 0.256 e. The first kappa shape index (κ1) is 18.4. The Morgan fingerprint density at radius 1 is 1.25 bits per heavy atom. The highest BCUT2D eigenvalue weighted by Crippen LogP contribution is 2.20. The number of benzene rings is 1. The van der Waals surface area contributed by atoms with Crippen LogP contribution in [0.5, 0.6) is 0 Å². The van der Waals surface area contributed by atoms with Crippen LogP contribution < -0.4 is 10.9 Å². The van der Waals surface area contributed by atoms with Crippen molar-refractivity contribution in [1.29, 1.82) is 0 Å². The average molecular weight is 329 g/mol. The van der Waals surface area contributed by atoms with Crippen LogP contribution in [0.15, 0.2) is 41.3 Å². The minimum atomic E-state index is -0.123. The molecule has 1 N–H and O–H groups in total. The van der Waals surface area contributed by atoms with Gasteiger partial charge in [0, 0.05) is 32.5 Å². The fourth-order valence-electron chi connectivity index (χ4n) is 2.71. The van der Waals surface area contributed by atoms with Gasteiger partial charge >= 0.3 is 0 Å². The van der Waals surface area contributed by atoms with E-state index < -0.39 is 0 Å². The lowest BCUT2D eigenvalue weighted by Gasteiger charge is -2.22. The van der Waals surface area contributed by atoms with Gasteiger partial charge in [-0.25, -0.2) is 4.98 Å². The summed E-state index contributed by atoms with van der Waals surface area (Å²) in [5.41, 5.74) is 1.86. The van der Waals surface area contributed by atoms with E-state index in [-0.39, 0.29) is 17.5 Å². The van der Waals surface area contributed by atoms with Crippen molar-refractivity contribution < 1.29 is 4.74 Å². The summed E-state index contributed by atoms with van der Waals surface area (Å²) in [5.74, 6) is 0.892. The van der Waals surface area contributed by atoms with Crippen molar-refractivity contribution in [3.8, 4) is 0 Å². The molecule has 0 amide bonds. The third kappa shape index (κ3) is 4.30. The zero-order valence-corrected chi connectivity index (χ0v) is 15.0. The van der Waals surface area contributed by atoms with Crippen molar-refractivity contribution in [2.75, 3.05) is 20.3 Å². The summed E-state index contributed by atoms with van der Waals surface area (Å²) < 4.78 is 6.77. The molecule has 0 saturated heterocycles. The lowest BCUT2D eigenvalue weighted by Crippen LogP contribution is -2.33. The molecule has 130 valence electrons. The number of hydrogen-bond donors (Lipinski definition) is 1. The summed E-state index contributed by atoms with van der Waals surface area (Å²) >= 11 is 0. The Kier molecular flexibility index (Phi) is 6.70. The molecule has 2 aromatic rings. The summed E-state index contributed by atoms with van der Waals surface area (Å²) in [6, 6.07) is 9.97. The first-order chi connectivity index (χ1) is 11.6. The van der Waals surface area contributed by atoms with E-state index in [1.54, 1.807) is 24.9 Å². The fourth-order valence-corrected chi connectivity index (χ4v) is 2.71. The monoisotopic (exact) mass is 329 g/mol. The maximum absolute atomic E-state index is 12.6. The molecule has 0 saturated carbocycles. The van der Waals surface area contributed by atoms with Crippen LogP contribution in [0.3, 0.4) is 0 Å². The molecule has 1 atom stereocenters. The summed E-state index contributed by atoms with van der Waals surface area (Å²) in [6.45, 7) is 5.51. The van der Waals surface area contributed by atoms with Gasteiger partial charge in [-0.1, -0.05) is 44.2 Å². The van der Waals surface area contributed by atoms with Crippen LogP contribution in [-0.2, 0) is 11.8 Å². The number of nitrogens with zero attached hydrogens (tertiary/aromatic N) is 2. The molecular formula is C19H27N3O2. The van der Waals surface area contributed by atoms with Crippen LogP contribution in [-0.4, -0.2) is 29.8 Å². The van der Waals surface area contributed by atoms with Crippen molar-refractivity contribution in [2.24, 2.45) is 7.05 Å². The summed E-state index contributed by atoms with van der Waals surface area (Å²) in [5, 5.41) is 3.50. The van der Waals surface area contributed by atoms with Crippen molar-refractivity contribution >= 4 is 0 Å². The third-order valence-corrected chi connectivity index (χ3v) is 4.12. The second-order valence-electron chi connectivity index (χ2n) is 6.23. The van der Waals surface area contributed by atoms with E-state index in [1.807, 2.05) is 32.0 Å². The Hall–Kier alpha value is -1.98. The van der Waals surface area contributed by atoms with Gasteiger partial charge in [0.05, 0.1) is 6.04 Å². The SMILES string of the molecule is COCCCN[C@@H](c1ccccc1)c1ncc(C(C)C)c(=O)n1C. The van der Waals surface area contributed by atoms with E-state index in [0.29, 0.717) is 6.61 Å². The van der Waals surface area contributed by atoms with E-state index in [4.69, 9.17) is 4.74 Å². The molecule has 5 nitrogen and oxygen atoms in total. The van der Waals surface area contributed by atoms with Crippen LogP contribution in [0.2, 0.25) is 0 Å². The normalized spacial score (nSPS) is 12.5. The summed E-state index contributed by atoms with van der Waals surface area (Å²) in [6.07, 6.45) is 2.62. The van der Waals surface area contributed by atoms with Crippen LogP contribution >= 0.6 is 0 Å². The van der Waals surface area contributed by atoms with Gasteiger partial charge < -0.3 is 10.1 Å². The minimum Gasteiger partial charge on any atom is -0.385 e. The molecule has 1 heterocycles. The molecule has 0 bridgehead atoms. The lowest BCUT2D eigenvalue weighted by atomic mass is 10.0. The zero-order chi connectivity index (χ0) is 17.5. The standard InChI is InChI=1S/C19H27N3O2/c1-14(2)16-13-21-18(22(3)19(16)23)17(20-11-8-12-24-4)15-9-6-5-7-10-15/h5-7,9-10,13-14,17,20H,8,11-12H2,1-4H3/t17-/m0/s1. The number of rotatable bonds is 8. The summed E-state index contributed by atoms with van der Waals surface area (Å²) in [7, 11) is 3.49. The van der Waals surface area contributed by atoms with Gasteiger partial charge in [0.25, 0.3) is 5.56 Å². The highest BCUT2D eigenvalue weighted by Gasteiger charge is 2.20. The Morgan fingerprint density at radius 3 is 2.58 bits per heavy atom. The predicted octanol–water partition coefficient (Wildman–Crippen LogP) is 2.62. The van der Waals surface area contributed by atoms with Crippen LogP contribution in [0.25, 0.3) is 0 Å². The van der Waals surface area contributed by atoms with Gasteiger partial charge in [0.15, 0.2) is 0 Å². The molecule has 0 fully saturated rings. The Labute approximate surface area is 143 Å². The second kappa shape index (κ2) is 8.76. The molecule has 0 aliphatic carbocycles. The largest absolute Gasteiger partial charge is 0.385 e. The Morgan fingerprint density at radius 2 is 1.96 bits per heavy atom.